The summed E-state index contributed by atoms with van der Waals surface area (Å²) in [6.07, 6.45) is 7.04. The standard InChI is InChI=1S/C21H31NO2/c1-13-6-7-15-8-9-17-19(21(15,3)4)18(22(5)20(17)24)12-14(2)11-16(23)10-13/h11,15-16,18,23H,1,6-10,12H2,2-5H3/b14-11-/t15-,16+,18-/m1/s1. The average molecular weight is 329 g/mol. The number of likely N-dealkylation sites (N-methyl/N-ethyl adjacent to an activating group) is 1. The molecular formula is C21H31NO2. The van der Waals surface area contributed by atoms with Crippen molar-refractivity contribution in [3.63, 3.8) is 0 Å². The fourth-order valence-electron chi connectivity index (χ4n) is 5.10. The van der Waals surface area contributed by atoms with Crippen LogP contribution in [0, 0.1) is 11.3 Å². The number of hydrogen-bond acceptors (Lipinski definition) is 2. The number of amides is 1. The van der Waals surface area contributed by atoms with Gasteiger partial charge in [-0.05, 0) is 62.4 Å². The second-order valence-electron chi connectivity index (χ2n) is 8.56. The van der Waals surface area contributed by atoms with Crippen LogP contribution in [0.15, 0.2) is 34.9 Å². The number of aliphatic hydroxyl groups excluding tert-OH is 1. The predicted octanol–water partition coefficient (Wildman–Crippen LogP) is 4.00. The Morgan fingerprint density at radius 3 is 2.62 bits per heavy atom. The lowest BCUT2D eigenvalue weighted by Crippen LogP contribution is -2.38. The molecule has 1 heterocycles. The van der Waals surface area contributed by atoms with Gasteiger partial charge in [-0.15, -0.1) is 0 Å². The molecule has 3 atom stereocenters. The van der Waals surface area contributed by atoms with E-state index in [9.17, 15) is 9.90 Å². The SMILES string of the molecule is C=C1CC[C@@H]2CCC3=C([C@@H](C/C(C)=C\[C@@H](O)C1)N(C)C3=O)C2(C)C. The van der Waals surface area contributed by atoms with Gasteiger partial charge in [0.1, 0.15) is 0 Å². The van der Waals surface area contributed by atoms with Crippen LogP contribution in [0.5, 0.6) is 0 Å². The number of nitrogens with zero attached hydrogens (tertiary/aromatic N) is 1. The zero-order valence-corrected chi connectivity index (χ0v) is 15.6. The van der Waals surface area contributed by atoms with Crippen molar-refractivity contribution in [3.05, 3.63) is 34.9 Å². The Morgan fingerprint density at radius 2 is 1.92 bits per heavy atom. The average Bonchev–Trinajstić information content (AvgIpc) is 2.71. The predicted molar refractivity (Wildman–Crippen MR) is 97.5 cm³/mol. The minimum atomic E-state index is -0.458. The molecule has 2 aliphatic carbocycles. The van der Waals surface area contributed by atoms with Crippen LogP contribution in [-0.2, 0) is 4.79 Å². The Balaban J connectivity index is 2.05. The third kappa shape index (κ3) is 2.88. The van der Waals surface area contributed by atoms with Crippen molar-refractivity contribution < 1.29 is 9.90 Å². The molecule has 0 aromatic rings. The summed E-state index contributed by atoms with van der Waals surface area (Å²) in [6, 6.07) is 0.149. The van der Waals surface area contributed by atoms with E-state index < -0.39 is 6.10 Å². The summed E-state index contributed by atoms with van der Waals surface area (Å²) in [7, 11) is 1.94. The first-order chi connectivity index (χ1) is 11.2. The van der Waals surface area contributed by atoms with E-state index in [1.165, 1.54) is 5.57 Å². The van der Waals surface area contributed by atoms with Gasteiger partial charge < -0.3 is 10.0 Å². The van der Waals surface area contributed by atoms with Crippen molar-refractivity contribution in [2.45, 2.75) is 71.4 Å². The van der Waals surface area contributed by atoms with Crippen molar-refractivity contribution in [2.75, 3.05) is 7.05 Å². The molecule has 2 bridgehead atoms. The van der Waals surface area contributed by atoms with Crippen LogP contribution in [0.3, 0.4) is 0 Å². The molecule has 1 aliphatic heterocycles. The lowest BCUT2D eigenvalue weighted by atomic mass is 9.62. The largest absolute Gasteiger partial charge is 0.389 e. The minimum Gasteiger partial charge on any atom is -0.389 e. The Bertz CT molecular complexity index is 626. The molecule has 3 nitrogen and oxygen atoms in total. The van der Waals surface area contributed by atoms with Gasteiger partial charge in [0.15, 0.2) is 0 Å². The van der Waals surface area contributed by atoms with Crippen molar-refractivity contribution in [1.29, 1.82) is 0 Å². The highest BCUT2D eigenvalue weighted by molar-refractivity contribution is 5.98. The second-order valence-corrected chi connectivity index (χ2v) is 8.56. The molecule has 3 aliphatic rings. The number of hydrogen-bond donors (Lipinski definition) is 1. The van der Waals surface area contributed by atoms with Crippen LogP contribution in [0.1, 0.15) is 59.3 Å². The topological polar surface area (TPSA) is 40.5 Å². The number of carbonyl (C=O) groups is 1. The summed E-state index contributed by atoms with van der Waals surface area (Å²) in [5.74, 6) is 0.796. The van der Waals surface area contributed by atoms with E-state index in [4.69, 9.17) is 0 Å². The maximum absolute atomic E-state index is 12.8. The van der Waals surface area contributed by atoms with Gasteiger partial charge in [0.05, 0.1) is 12.1 Å². The molecule has 0 spiro atoms. The van der Waals surface area contributed by atoms with Crippen LogP contribution in [-0.4, -0.2) is 35.1 Å². The zero-order valence-electron chi connectivity index (χ0n) is 15.6. The Morgan fingerprint density at radius 1 is 1.25 bits per heavy atom. The molecule has 3 rings (SSSR count). The van der Waals surface area contributed by atoms with Gasteiger partial charge in [0.25, 0.3) is 0 Å². The van der Waals surface area contributed by atoms with E-state index >= 15 is 0 Å². The highest BCUT2D eigenvalue weighted by Gasteiger charge is 2.48. The zero-order chi connectivity index (χ0) is 17.6. The molecule has 0 saturated heterocycles. The molecule has 1 amide bonds. The number of fused-ring (bicyclic) bond motifs is 1. The van der Waals surface area contributed by atoms with Gasteiger partial charge >= 0.3 is 0 Å². The Kier molecular flexibility index (Phi) is 4.50. The first-order valence-corrected chi connectivity index (χ1v) is 9.24. The summed E-state index contributed by atoms with van der Waals surface area (Å²) >= 11 is 0. The molecule has 1 N–H and O–H groups in total. The fraction of sp³-hybridized carbons (Fsp3) is 0.667. The summed E-state index contributed by atoms with van der Waals surface area (Å²) in [4.78, 5) is 14.7. The maximum Gasteiger partial charge on any atom is 0.250 e. The normalized spacial score (nSPS) is 36.1. The van der Waals surface area contributed by atoms with Crippen LogP contribution >= 0.6 is 0 Å². The smallest absolute Gasteiger partial charge is 0.250 e. The molecule has 3 heteroatoms. The third-order valence-electron chi connectivity index (χ3n) is 6.50. The van der Waals surface area contributed by atoms with Crippen molar-refractivity contribution >= 4 is 5.91 Å². The summed E-state index contributed by atoms with van der Waals surface area (Å²) in [5, 5.41) is 10.3. The van der Waals surface area contributed by atoms with E-state index in [0.29, 0.717) is 12.3 Å². The molecule has 0 saturated carbocycles. The van der Waals surface area contributed by atoms with Crippen molar-refractivity contribution in [3.8, 4) is 0 Å². The monoisotopic (exact) mass is 329 g/mol. The molecule has 24 heavy (non-hydrogen) atoms. The first-order valence-electron chi connectivity index (χ1n) is 9.24. The number of aliphatic hydroxyl groups is 1. The number of carbonyl (C=O) groups excluding carboxylic acids is 1. The molecule has 0 aromatic carbocycles. The molecule has 0 radical (unpaired) electrons. The van der Waals surface area contributed by atoms with Crippen LogP contribution < -0.4 is 0 Å². The molecule has 132 valence electrons. The Hall–Kier alpha value is -1.35. The summed E-state index contributed by atoms with van der Waals surface area (Å²) in [6.45, 7) is 10.9. The van der Waals surface area contributed by atoms with Gasteiger partial charge in [0, 0.05) is 12.6 Å². The van der Waals surface area contributed by atoms with Gasteiger partial charge in [-0.25, -0.2) is 0 Å². The fourth-order valence-corrected chi connectivity index (χ4v) is 5.10. The first kappa shape index (κ1) is 17.5. The summed E-state index contributed by atoms with van der Waals surface area (Å²) in [5.41, 5.74) is 4.77. The lowest BCUT2D eigenvalue weighted by molar-refractivity contribution is -0.125. The van der Waals surface area contributed by atoms with Crippen LogP contribution in [0.4, 0.5) is 0 Å². The van der Waals surface area contributed by atoms with Crippen molar-refractivity contribution in [2.24, 2.45) is 11.3 Å². The van der Waals surface area contributed by atoms with Crippen LogP contribution in [0.25, 0.3) is 0 Å². The van der Waals surface area contributed by atoms with Gasteiger partial charge in [-0.3, -0.25) is 4.79 Å². The second kappa shape index (κ2) is 6.18. The van der Waals surface area contributed by atoms with E-state index in [2.05, 4.69) is 27.4 Å². The lowest BCUT2D eigenvalue weighted by Gasteiger charge is -2.43. The van der Waals surface area contributed by atoms with Gasteiger partial charge in [0.2, 0.25) is 5.91 Å². The maximum atomic E-state index is 12.8. The third-order valence-corrected chi connectivity index (χ3v) is 6.50. The highest BCUT2D eigenvalue weighted by Crippen LogP contribution is 2.52. The van der Waals surface area contributed by atoms with Crippen LogP contribution in [0.2, 0.25) is 0 Å². The van der Waals surface area contributed by atoms with Crippen molar-refractivity contribution in [1.82, 2.24) is 4.90 Å². The Labute approximate surface area is 146 Å². The summed E-state index contributed by atoms with van der Waals surface area (Å²) < 4.78 is 0. The van der Waals surface area contributed by atoms with E-state index in [1.54, 1.807) is 0 Å². The molecule has 0 unspecified atom stereocenters. The highest BCUT2D eigenvalue weighted by atomic mass is 16.3. The van der Waals surface area contributed by atoms with E-state index in [1.807, 2.05) is 18.0 Å². The minimum absolute atomic E-state index is 0.0526. The van der Waals surface area contributed by atoms with Gasteiger partial charge in [-0.1, -0.05) is 37.6 Å². The van der Waals surface area contributed by atoms with Gasteiger partial charge in [-0.2, -0.15) is 0 Å². The van der Waals surface area contributed by atoms with E-state index in [0.717, 1.165) is 48.8 Å². The van der Waals surface area contributed by atoms with E-state index in [-0.39, 0.29) is 17.4 Å². The number of rotatable bonds is 0. The molecule has 0 fully saturated rings. The quantitative estimate of drug-likeness (QED) is 0.683. The molecule has 0 aromatic heterocycles. The molecular weight excluding hydrogens is 298 g/mol.